The summed E-state index contributed by atoms with van der Waals surface area (Å²) in [7, 11) is 1.64. The molecule has 2 aromatic heterocycles. The van der Waals surface area contributed by atoms with E-state index in [1.807, 2.05) is 38.1 Å². The Morgan fingerprint density at radius 3 is 2.63 bits per heavy atom. The van der Waals surface area contributed by atoms with Crippen molar-refractivity contribution in [3.63, 3.8) is 0 Å². The number of nitrogens with one attached hydrogen (secondary N) is 1. The summed E-state index contributed by atoms with van der Waals surface area (Å²) in [4.78, 5) is 30.5. The number of ether oxygens (including phenoxy) is 1. The number of piperidine rings is 1. The average molecular weight is 475 g/mol. The summed E-state index contributed by atoms with van der Waals surface area (Å²) in [5.41, 5.74) is 10.1. The van der Waals surface area contributed by atoms with Crippen molar-refractivity contribution < 1.29 is 14.3 Å². The van der Waals surface area contributed by atoms with Gasteiger partial charge in [-0.15, -0.1) is 0 Å². The van der Waals surface area contributed by atoms with Crippen LogP contribution in [0.1, 0.15) is 59.8 Å². The largest absolute Gasteiger partial charge is 0.382 e. The summed E-state index contributed by atoms with van der Waals surface area (Å²) in [6.07, 6.45) is 3.87. The zero-order valence-electron chi connectivity index (χ0n) is 20.2. The molecule has 9 nitrogen and oxygen atoms in total. The van der Waals surface area contributed by atoms with E-state index in [4.69, 9.17) is 10.5 Å². The van der Waals surface area contributed by atoms with Crippen molar-refractivity contribution in [3.05, 3.63) is 53.0 Å². The smallest absolute Gasteiger partial charge is 0.259 e. The van der Waals surface area contributed by atoms with Crippen molar-refractivity contribution in [2.75, 3.05) is 31.2 Å². The fourth-order valence-electron chi connectivity index (χ4n) is 4.38. The molecule has 1 fully saturated rings. The number of nitrogens with two attached hydrogens (primary N) is 1. The zero-order valence-corrected chi connectivity index (χ0v) is 20.2. The first-order chi connectivity index (χ1) is 16.9. The average Bonchev–Trinajstić information content (AvgIpc) is 3.20. The summed E-state index contributed by atoms with van der Waals surface area (Å²) >= 11 is 0. The molecule has 182 valence electrons. The molecule has 2 amide bonds. The molecule has 0 bridgehead atoms. The van der Waals surface area contributed by atoms with Crippen molar-refractivity contribution in [3.8, 4) is 11.8 Å². The molecule has 3 aromatic rings. The molecule has 0 aliphatic carbocycles. The second-order valence-corrected chi connectivity index (χ2v) is 8.96. The summed E-state index contributed by atoms with van der Waals surface area (Å²) in [6.45, 7) is 5.93. The Morgan fingerprint density at radius 1 is 1.29 bits per heavy atom. The number of amides is 2. The molecule has 0 saturated carbocycles. The Bertz CT molecular complexity index is 1280. The first kappa shape index (κ1) is 24.2. The number of likely N-dealkylation sites (tertiary alicyclic amines) is 1. The molecule has 0 unspecified atom stereocenters. The zero-order chi connectivity index (χ0) is 24.9. The normalized spacial score (nSPS) is 14.1. The van der Waals surface area contributed by atoms with Crippen LogP contribution >= 0.6 is 0 Å². The maximum atomic E-state index is 13.6. The first-order valence-corrected chi connectivity index (χ1v) is 11.7. The van der Waals surface area contributed by atoms with Gasteiger partial charge in [0.25, 0.3) is 5.91 Å². The molecular formula is C26H30N6O3. The summed E-state index contributed by atoms with van der Waals surface area (Å²) in [5.74, 6) is 6.72. The number of fused-ring (bicyclic) bond motifs is 1. The van der Waals surface area contributed by atoms with Gasteiger partial charge in [0.05, 0.1) is 23.4 Å². The highest BCUT2D eigenvalue weighted by Gasteiger charge is 2.27. The van der Waals surface area contributed by atoms with Gasteiger partial charge in [-0.1, -0.05) is 37.8 Å². The number of rotatable bonds is 6. The minimum atomic E-state index is -0.324. The molecule has 9 heteroatoms. The maximum absolute atomic E-state index is 13.6. The molecule has 0 atom stereocenters. The Balaban J connectivity index is 1.76. The quantitative estimate of drug-likeness (QED) is 0.419. The van der Waals surface area contributed by atoms with Crippen molar-refractivity contribution in [1.29, 1.82) is 0 Å². The third-order valence-electron chi connectivity index (χ3n) is 6.17. The molecule has 35 heavy (non-hydrogen) atoms. The monoisotopic (exact) mass is 474 g/mol. The number of hydrogen-bond acceptors (Lipinski definition) is 6. The van der Waals surface area contributed by atoms with Crippen molar-refractivity contribution >= 4 is 29.3 Å². The van der Waals surface area contributed by atoms with Crippen LogP contribution in [0.15, 0.2) is 30.6 Å². The predicted octanol–water partition coefficient (Wildman–Crippen LogP) is 3.05. The van der Waals surface area contributed by atoms with Crippen LogP contribution in [0, 0.1) is 17.8 Å². The van der Waals surface area contributed by atoms with Crippen molar-refractivity contribution in [1.82, 2.24) is 19.5 Å². The van der Waals surface area contributed by atoms with Gasteiger partial charge in [-0.05, 0) is 36.5 Å². The summed E-state index contributed by atoms with van der Waals surface area (Å²) in [5, 5.41) is 7.37. The van der Waals surface area contributed by atoms with Gasteiger partial charge >= 0.3 is 0 Å². The molecular weight excluding hydrogens is 444 g/mol. The van der Waals surface area contributed by atoms with Gasteiger partial charge in [0.1, 0.15) is 11.8 Å². The second kappa shape index (κ2) is 10.6. The lowest BCUT2D eigenvalue weighted by molar-refractivity contribution is -0.119. The lowest BCUT2D eigenvalue weighted by Crippen LogP contribution is -2.31. The predicted molar refractivity (Wildman–Crippen MR) is 134 cm³/mol. The van der Waals surface area contributed by atoms with E-state index >= 15 is 0 Å². The van der Waals surface area contributed by atoms with Gasteiger partial charge in [0.15, 0.2) is 5.82 Å². The number of nitrogens with zero attached hydrogens (tertiary/aromatic N) is 4. The van der Waals surface area contributed by atoms with Crippen LogP contribution in [-0.4, -0.2) is 52.0 Å². The van der Waals surface area contributed by atoms with Gasteiger partial charge in [-0.25, -0.2) is 9.50 Å². The van der Waals surface area contributed by atoms with E-state index in [9.17, 15) is 9.59 Å². The van der Waals surface area contributed by atoms with E-state index in [0.29, 0.717) is 42.0 Å². The van der Waals surface area contributed by atoms with E-state index < -0.39 is 0 Å². The molecule has 3 N–H and O–H groups in total. The molecule has 3 heterocycles. The van der Waals surface area contributed by atoms with E-state index in [2.05, 4.69) is 27.2 Å². The fraction of sp³-hybridized carbons (Fsp3) is 0.385. The third-order valence-corrected chi connectivity index (χ3v) is 6.17. The number of aromatic nitrogens is 3. The topological polar surface area (TPSA) is 115 Å². The highest BCUT2D eigenvalue weighted by Crippen LogP contribution is 2.31. The minimum Gasteiger partial charge on any atom is -0.382 e. The van der Waals surface area contributed by atoms with Crippen LogP contribution in [0.2, 0.25) is 0 Å². The number of hydrogen-bond donors (Lipinski definition) is 2. The van der Waals surface area contributed by atoms with Gasteiger partial charge in [0.2, 0.25) is 6.41 Å². The number of carbonyl (C=O) groups excluding carboxylic acids is 2. The molecule has 1 aliphatic heterocycles. The van der Waals surface area contributed by atoms with Crippen LogP contribution < -0.4 is 11.1 Å². The van der Waals surface area contributed by atoms with E-state index in [1.54, 1.807) is 16.5 Å². The number of methoxy groups -OCH3 is 1. The first-order valence-electron chi connectivity index (χ1n) is 11.7. The van der Waals surface area contributed by atoms with E-state index in [-0.39, 0.29) is 23.6 Å². The number of anilines is 2. The Morgan fingerprint density at radius 2 is 2.00 bits per heavy atom. The van der Waals surface area contributed by atoms with Crippen molar-refractivity contribution in [2.24, 2.45) is 5.92 Å². The van der Waals surface area contributed by atoms with Crippen LogP contribution in [-0.2, 0) is 16.1 Å². The fourth-order valence-corrected chi connectivity index (χ4v) is 4.38. The van der Waals surface area contributed by atoms with Gasteiger partial charge in [0, 0.05) is 31.8 Å². The summed E-state index contributed by atoms with van der Waals surface area (Å²) in [6, 6.07) is 7.47. The summed E-state index contributed by atoms with van der Waals surface area (Å²) < 4.78 is 6.84. The number of nitrogen functional groups attached to an aromatic ring is 1. The van der Waals surface area contributed by atoms with E-state index in [1.165, 1.54) is 6.33 Å². The minimum absolute atomic E-state index is 0.0351. The molecule has 1 saturated heterocycles. The molecule has 0 radical (unpaired) electrons. The molecule has 1 aliphatic rings. The lowest BCUT2D eigenvalue weighted by Gasteiger charge is -2.26. The number of benzene rings is 1. The van der Waals surface area contributed by atoms with Gasteiger partial charge in [-0.3, -0.25) is 9.59 Å². The Hall–Kier alpha value is -3.90. The van der Waals surface area contributed by atoms with Crippen molar-refractivity contribution in [2.45, 2.75) is 39.2 Å². The van der Waals surface area contributed by atoms with E-state index in [0.717, 1.165) is 30.5 Å². The van der Waals surface area contributed by atoms with Crippen LogP contribution in [0.25, 0.3) is 5.52 Å². The standard InChI is InChI=1S/C26H30N6O3/c1-17(2)23-21(9-6-18-10-12-31(16-33)13-11-18)22(24-25(27)28-15-29-32(23)24)26(34)30-20-7-4-19(5-8-20)14-35-3/h4-5,7-8,15-18H,10-14H2,1-3H3,(H,30,34)(H2,27,28,29). The van der Waals surface area contributed by atoms with Gasteiger partial charge in [-0.2, -0.15) is 5.10 Å². The van der Waals surface area contributed by atoms with Crippen LogP contribution in [0.5, 0.6) is 0 Å². The highest BCUT2D eigenvalue weighted by molar-refractivity contribution is 6.13. The molecule has 4 rings (SSSR count). The number of carbonyl (C=O) groups is 2. The Kier molecular flexibility index (Phi) is 7.32. The Labute approximate surface area is 204 Å². The third kappa shape index (κ3) is 5.12. The van der Waals surface area contributed by atoms with Crippen LogP contribution in [0.3, 0.4) is 0 Å². The second-order valence-electron chi connectivity index (χ2n) is 8.96. The molecule has 1 aromatic carbocycles. The highest BCUT2D eigenvalue weighted by atomic mass is 16.5. The lowest BCUT2D eigenvalue weighted by atomic mass is 9.96. The van der Waals surface area contributed by atoms with Crippen LogP contribution in [0.4, 0.5) is 11.5 Å². The molecule has 0 spiro atoms. The SMILES string of the molecule is COCc1ccc(NC(=O)c2c(C#CC3CCN(C=O)CC3)c(C(C)C)n3ncnc(N)c23)cc1. The maximum Gasteiger partial charge on any atom is 0.259 e. The van der Waals surface area contributed by atoms with Gasteiger partial charge < -0.3 is 20.7 Å².